The summed E-state index contributed by atoms with van der Waals surface area (Å²) in [5.41, 5.74) is 0.780. The molecule has 2 aliphatic heterocycles. The van der Waals surface area contributed by atoms with Gasteiger partial charge >= 0.3 is 0 Å². The molecule has 138 valence electrons. The quantitative estimate of drug-likeness (QED) is 0.916. The van der Waals surface area contributed by atoms with Gasteiger partial charge in [-0.15, -0.1) is 0 Å². The second-order valence-electron chi connectivity index (χ2n) is 7.56. The first-order valence-electron chi connectivity index (χ1n) is 9.89. The maximum Gasteiger partial charge on any atom is 0.251 e. The van der Waals surface area contributed by atoms with Crippen molar-refractivity contribution in [1.82, 2.24) is 10.2 Å². The molecule has 0 radical (unpaired) electrons. The highest BCUT2D eigenvalue weighted by molar-refractivity contribution is 6.06. The second kappa shape index (κ2) is 8.19. The molecule has 0 atom stereocenters. The Morgan fingerprint density at radius 3 is 2.54 bits per heavy atom. The van der Waals surface area contributed by atoms with Gasteiger partial charge < -0.3 is 15.0 Å². The van der Waals surface area contributed by atoms with Crippen molar-refractivity contribution >= 4 is 16.7 Å². The smallest absolute Gasteiger partial charge is 0.251 e. The topological polar surface area (TPSA) is 41.6 Å². The van der Waals surface area contributed by atoms with E-state index in [9.17, 15) is 4.79 Å². The molecule has 0 bridgehead atoms. The van der Waals surface area contributed by atoms with Crippen molar-refractivity contribution in [2.75, 3.05) is 32.8 Å². The fraction of sp³-hybridized carbons (Fsp3) is 0.500. The summed E-state index contributed by atoms with van der Waals surface area (Å²) >= 11 is 0. The Morgan fingerprint density at radius 1 is 1.00 bits per heavy atom. The summed E-state index contributed by atoms with van der Waals surface area (Å²) in [6.07, 6.45) is 4.69. The van der Waals surface area contributed by atoms with Gasteiger partial charge in [0.2, 0.25) is 0 Å². The molecular weight excluding hydrogens is 324 g/mol. The molecule has 1 N–H and O–H groups in total. The molecule has 1 amide bonds. The van der Waals surface area contributed by atoms with Crippen molar-refractivity contribution in [3.63, 3.8) is 0 Å². The highest BCUT2D eigenvalue weighted by Crippen LogP contribution is 2.23. The molecule has 26 heavy (non-hydrogen) atoms. The summed E-state index contributed by atoms with van der Waals surface area (Å²) in [5.74, 6) is 0.638. The normalized spacial score (nSPS) is 20.3. The number of ether oxygens (including phenoxy) is 1. The van der Waals surface area contributed by atoms with E-state index in [-0.39, 0.29) is 5.91 Å². The van der Waals surface area contributed by atoms with E-state index in [1.807, 2.05) is 30.3 Å². The van der Waals surface area contributed by atoms with Crippen LogP contribution in [-0.4, -0.2) is 49.7 Å². The van der Waals surface area contributed by atoms with Crippen LogP contribution in [0.2, 0.25) is 0 Å². The van der Waals surface area contributed by atoms with Gasteiger partial charge in [-0.25, -0.2) is 0 Å². The van der Waals surface area contributed by atoms with Crippen LogP contribution in [-0.2, 0) is 4.74 Å². The van der Waals surface area contributed by atoms with E-state index >= 15 is 0 Å². The first kappa shape index (κ1) is 17.5. The minimum Gasteiger partial charge on any atom is -0.381 e. The van der Waals surface area contributed by atoms with Crippen molar-refractivity contribution < 1.29 is 9.53 Å². The zero-order valence-corrected chi connectivity index (χ0v) is 15.3. The highest BCUT2D eigenvalue weighted by Gasteiger charge is 2.26. The average molecular weight is 352 g/mol. The van der Waals surface area contributed by atoms with Crippen LogP contribution in [0.15, 0.2) is 42.5 Å². The van der Waals surface area contributed by atoms with Crippen LogP contribution in [0.1, 0.15) is 36.0 Å². The Kier molecular flexibility index (Phi) is 5.51. The van der Waals surface area contributed by atoms with Crippen LogP contribution in [0, 0.1) is 5.92 Å². The Labute approximate surface area is 155 Å². The summed E-state index contributed by atoms with van der Waals surface area (Å²) in [4.78, 5) is 15.3. The molecular formula is C22H28N2O2. The molecule has 0 saturated carbocycles. The Morgan fingerprint density at radius 2 is 1.73 bits per heavy atom. The fourth-order valence-corrected chi connectivity index (χ4v) is 4.33. The molecule has 4 nitrogen and oxygen atoms in total. The molecule has 2 aromatic rings. The molecule has 2 heterocycles. The Bertz CT molecular complexity index is 741. The number of fused-ring (bicyclic) bond motifs is 1. The minimum atomic E-state index is 0.0497. The Balaban J connectivity index is 1.30. The van der Waals surface area contributed by atoms with E-state index in [2.05, 4.69) is 22.3 Å². The lowest BCUT2D eigenvalue weighted by molar-refractivity contribution is 0.0211. The van der Waals surface area contributed by atoms with Gasteiger partial charge in [0.05, 0.1) is 0 Å². The highest BCUT2D eigenvalue weighted by atomic mass is 16.5. The van der Waals surface area contributed by atoms with Crippen LogP contribution in [0.4, 0.5) is 0 Å². The van der Waals surface area contributed by atoms with Gasteiger partial charge in [0.15, 0.2) is 0 Å². The maximum atomic E-state index is 12.7. The van der Waals surface area contributed by atoms with Crippen LogP contribution in [0.3, 0.4) is 0 Å². The number of piperidine rings is 1. The number of rotatable bonds is 4. The molecule has 0 spiro atoms. The van der Waals surface area contributed by atoms with E-state index in [0.717, 1.165) is 49.2 Å². The number of nitrogens with one attached hydrogen (secondary N) is 1. The molecule has 0 unspecified atom stereocenters. The summed E-state index contributed by atoms with van der Waals surface area (Å²) in [5, 5.41) is 5.32. The minimum absolute atomic E-state index is 0.0497. The second-order valence-corrected chi connectivity index (χ2v) is 7.56. The van der Waals surface area contributed by atoms with Gasteiger partial charge in [-0.05, 0) is 61.5 Å². The first-order chi connectivity index (χ1) is 12.8. The zero-order valence-electron chi connectivity index (χ0n) is 15.3. The standard InChI is InChI=1S/C22H28N2O2/c25-22(21-7-3-5-18-4-1-2-6-20(18)21)23-16-17-8-12-24(13-9-17)19-10-14-26-15-11-19/h1-7,17,19H,8-16H2,(H,23,25). The number of likely N-dealkylation sites (tertiary alicyclic amines) is 1. The molecule has 4 rings (SSSR count). The monoisotopic (exact) mass is 352 g/mol. The number of hydrogen-bond acceptors (Lipinski definition) is 3. The van der Waals surface area contributed by atoms with Gasteiger partial charge in [-0.1, -0.05) is 36.4 Å². The average Bonchev–Trinajstić information content (AvgIpc) is 2.72. The third-order valence-corrected chi connectivity index (χ3v) is 5.94. The van der Waals surface area contributed by atoms with Crippen molar-refractivity contribution in [2.45, 2.75) is 31.7 Å². The van der Waals surface area contributed by atoms with Gasteiger partial charge in [0.25, 0.3) is 5.91 Å². The number of carbonyl (C=O) groups is 1. The van der Waals surface area contributed by atoms with Gasteiger partial charge in [0.1, 0.15) is 0 Å². The largest absolute Gasteiger partial charge is 0.381 e. The fourth-order valence-electron chi connectivity index (χ4n) is 4.33. The summed E-state index contributed by atoms with van der Waals surface area (Å²) in [6, 6.07) is 14.7. The third-order valence-electron chi connectivity index (χ3n) is 5.94. The Hall–Kier alpha value is -1.91. The zero-order chi connectivity index (χ0) is 17.8. The lowest BCUT2D eigenvalue weighted by Gasteiger charge is -2.39. The number of amides is 1. The van der Waals surface area contributed by atoms with E-state index in [1.54, 1.807) is 0 Å². The predicted octanol–water partition coefficient (Wildman–Crippen LogP) is 3.46. The molecule has 2 aromatic carbocycles. The number of benzene rings is 2. The number of nitrogens with zero attached hydrogens (tertiary/aromatic N) is 1. The van der Waals surface area contributed by atoms with Gasteiger partial charge in [0, 0.05) is 31.4 Å². The van der Waals surface area contributed by atoms with Crippen LogP contribution in [0.5, 0.6) is 0 Å². The molecule has 2 aliphatic rings. The van der Waals surface area contributed by atoms with Crippen LogP contribution >= 0.6 is 0 Å². The third kappa shape index (κ3) is 3.92. The number of carbonyl (C=O) groups excluding carboxylic acids is 1. The van der Waals surface area contributed by atoms with Gasteiger partial charge in [-0.2, -0.15) is 0 Å². The summed E-state index contributed by atoms with van der Waals surface area (Å²) in [6.45, 7) is 4.90. The summed E-state index contributed by atoms with van der Waals surface area (Å²) in [7, 11) is 0. The van der Waals surface area contributed by atoms with Crippen molar-refractivity contribution in [3.8, 4) is 0 Å². The molecule has 0 aliphatic carbocycles. The van der Waals surface area contributed by atoms with Crippen molar-refractivity contribution in [3.05, 3.63) is 48.0 Å². The van der Waals surface area contributed by atoms with E-state index < -0.39 is 0 Å². The van der Waals surface area contributed by atoms with Crippen LogP contribution in [0.25, 0.3) is 10.8 Å². The SMILES string of the molecule is O=C(NCC1CCN(C2CCOCC2)CC1)c1cccc2ccccc12. The first-order valence-corrected chi connectivity index (χ1v) is 9.89. The lowest BCUT2D eigenvalue weighted by atomic mass is 9.94. The molecule has 0 aromatic heterocycles. The van der Waals surface area contributed by atoms with Crippen molar-refractivity contribution in [1.29, 1.82) is 0 Å². The molecule has 2 saturated heterocycles. The van der Waals surface area contributed by atoms with Crippen molar-refractivity contribution in [2.24, 2.45) is 5.92 Å². The molecule has 4 heteroatoms. The van der Waals surface area contributed by atoms with E-state index in [1.165, 1.54) is 25.7 Å². The lowest BCUT2D eigenvalue weighted by Crippen LogP contribution is -2.45. The predicted molar refractivity (Wildman–Crippen MR) is 104 cm³/mol. The number of hydrogen-bond donors (Lipinski definition) is 1. The van der Waals surface area contributed by atoms with Gasteiger partial charge in [-0.3, -0.25) is 4.79 Å². The summed E-state index contributed by atoms with van der Waals surface area (Å²) < 4.78 is 5.47. The van der Waals surface area contributed by atoms with Crippen LogP contribution < -0.4 is 5.32 Å². The maximum absolute atomic E-state index is 12.7. The van der Waals surface area contributed by atoms with E-state index in [0.29, 0.717) is 12.0 Å². The molecule has 2 fully saturated rings. The van der Waals surface area contributed by atoms with E-state index in [4.69, 9.17) is 4.74 Å².